The molecule has 2 rings (SSSR count). The molecule has 1 aromatic carbocycles. The van der Waals surface area contributed by atoms with E-state index >= 15 is 0 Å². The summed E-state index contributed by atoms with van der Waals surface area (Å²) < 4.78 is 16.1. The highest BCUT2D eigenvalue weighted by Gasteiger charge is 2.11. The van der Waals surface area contributed by atoms with Crippen molar-refractivity contribution in [2.75, 3.05) is 38.3 Å². The van der Waals surface area contributed by atoms with Crippen molar-refractivity contribution in [3.05, 3.63) is 18.2 Å². The summed E-state index contributed by atoms with van der Waals surface area (Å²) in [5.74, 6) is 1.14. The van der Waals surface area contributed by atoms with Crippen molar-refractivity contribution in [1.29, 1.82) is 0 Å². The van der Waals surface area contributed by atoms with Gasteiger partial charge in [0.1, 0.15) is 6.61 Å². The largest absolute Gasteiger partial charge is 0.490 e. The van der Waals surface area contributed by atoms with Gasteiger partial charge in [0.15, 0.2) is 11.5 Å². The summed E-state index contributed by atoms with van der Waals surface area (Å²) in [7, 11) is 0. The highest BCUT2D eigenvalue weighted by atomic mass is 16.5. The minimum absolute atomic E-state index is 0.00829. The second kappa shape index (κ2) is 6.96. The summed E-state index contributed by atoms with van der Waals surface area (Å²) in [5.41, 5.74) is 5.93. The van der Waals surface area contributed by atoms with E-state index in [0.29, 0.717) is 43.6 Å². The van der Waals surface area contributed by atoms with Crippen LogP contribution in [0.5, 0.6) is 11.5 Å². The first-order valence-electron chi connectivity index (χ1n) is 6.27. The van der Waals surface area contributed by atoms with Crippen LogP contribution in [0.15, 0.2) is 18.2 Å². The number of anilines is 1. The number of rotatable bonds is 5. The van der Waals surface area contributed by atoms with Gasteiger partial charge in [-0.3, -0.25) is 4.79 Å². The molecule has 0 saturated carbocycles. The first-order chi connectivity index (χ1) is 9.29. The Morgan fingerprint density at radius 1 is 1.32 bits per heavy atom. The van der Waals surface area contributed by atoms with Gasteiger partial charge in [-0.1, -0.05) is 0 Å². The van der Waals surface area contributed by atoms with Crippen molar-refractivity contribution in [3.8, 4) is 11.5 Å². The molecule has 1 aliphatic heterocycles. The maximum absolute atomic E-state index is 11.6. The van der Waals surface area contributed by atoms with Gasteiger partial charge < -0.3 is 25.3 Å². The van der Waals surface area contributed by atoms with Crippen LogP contribution in [0.4, 0.5) is 5.69 Å². The van der Waals surface area contributed by atoms with Gasteiger partial charge in [-0.15, -0.1) is 0 Å². The van der Waals surface area contributed by atoms with E-state index in [2.05, 4.69) is 5.32 Å². The van der Waals surface area contributed by atoms with Crippen LogP contribution in [0, 0.1) is 0 Å². The summed E-state index contributed by atoms with van der Waals surface area (Å²) in [6.07, 6.45) is 0.850. The maximum atomic E-state index is 11.6. The normalized spacial score (nSPS) is 13.7. The monoisotopic (exact) mass is 266 g/mol. The summed E-state index contributed by atoms with van der Waals surface area (Å²) >= 11 is 0. The number of carbonyl (C=O) groups excluding carboxylic acids is 1. The Labute approximate surface area is 111 Å². The van der Waals surface area contributed by atoms with Crippen LogP contribution in [0.2, 0.25) is 0 Å². The molecule has 6 heteroatoms. The Balaban J connectivity index is 1.94. The molecule has 0 bridgehead atoms. The molecule has 1 amide bonds. The van der Waals surface area contributed by atoms with Crippen LogP contribution in [0.1, 0.15) is 6.42 Å². The van der Waals surface area contributed by atoms with E-state index in [1.807, 2.05) is 0 Å². The number of amides is 1. The molecule has 0 radical (unpaired) electrons. The van der Waals surface area contributed by atoms with Crippen LogP contribution in [-0.4, -0.2) is 38.9 Å². The Morgan fingerprint density at radius 2 is 2.11 bits per heavy atom. The van der Waals surface area contributed by atoms with Gasteiger partial charge in [0.05, 0.1) is 19.8 Å². The first-order valence-corrected chi connectivity index (χ1v) is 6.27. The third-order valence-electron chi connectivity index (χ3n) is 2.53. The second-order valence-electron chi connectivity index (χ2n) is 4.10. The number of hydrogen-bond acceptors (Lipinski definition) is 5. The lowest BCUT2D eigenvalue weighted by Gasteiger charge is -2.10. The van der Waals surface area contributed by atoms with E-state index < -0.39 is 0 Å². The molecule has 19 heavy (non-hydrogen) atoms. The van der Waals surface area contributed by atoms with E-state index in [1.54, 1.807) is 18.2 Å². The van der Waals surface area contributed by atoms with Gasteiger partial charge in [-0.05, 0) is 12.1 Å². The number of nitrogens with one attached hydrogen (secondary N) is 1. The molecule has 0 fully saturated rings. The smallest absolute Gasteiger partial charge is 0.250 e. The van der Waals surface area contributed by atoms with Gasteiger partial charge in [0, 0.05) is 24.7 Å². The number of nitrogens with two attached hydrogens (primary N) is 1. The molecule has 6 nitrogen and oxygen atoms in total. The van der Waals surface area contributed by atoms with Crippen LogP contribution in [-0.2, 0) is 9.53 Å². The molecule has 3 N–H and O–H groups in total. The number of fused-ring (bicyclic) bond motifs is 1. The molecule has 1 aliphatic rings. The average Bonchev–Trinajstić information content (AvgIpc) is 2.63. The first kappa shape index (κ1) is 13.6. The minimum atomic E-state index is -0.219. The van der Waals surface area contributed by atoms with Crippen LogP contribution in [0.3, 0.4) is 0 Å². The summed E-state index contributed by atoms with van der Waals surface area (Å²) in [4.78, 5) is 11.6. The lowest BCUT2D eigenvalue weighted by molar-refractivity contribution is -0.120. The number of ether oxygens (including phenoxy) is 3. The van der Waals surface area contributed by atoms with E-state index in [9.17, 15) is 4.79 Å². The van der Waals surface area contributed by atoms with Gasteiger partial charge in [0.2, 0.25) is 5.91 Å². The zero-order valence-corrected chi connectivity index (χ0v) is 10.7. The summed E-state index contributed by atoms with van der Waals surface area (Å²) in [6.45, 7) is 2.02. The molecular weight excluding hydrogens is 248 g/mol. The maximum Gasteiger partial charge on any atom is 0.250 e. The van der Waals surface area contributed by atoms with E-state index in [1.165, 1.54) is 0 Å². The molecule has 1 heterocycles. The second-order valence-corrected chi connectivity index (χ2v) is 4.10. The molecule has 0 saturated heterocycles. The standard InChI is InChI=1S/C13H18N2O4/c14-4-7-17-9-13(16)15-10-2-3-11-12(8-10)19-6-1-5-18-11/h2-3,8H,1,4-7,9,14H2,(H,15,16). The quantitative estimate of drug-likeness (QED) is 0.769. The summed E-state index contributed by atoms with van der Waals surface area (Å²) in [6, 6.07) is 5.31. The molecule has 0 unspecified atom stereocenters. The van der Waals surface area contributed by atoms with Crippen molar-refractivity contribution < 1.29 is 19.0 Å². The topological polar surface area (TPSA) is 82.8 Å². The Kier molecular flexibility index (Phi) is 5.00. The van der Waals surface area contributed by atoms with Gasteiger partial charge in [0.25, 0.3) is 0 Å². The number of carbonyl (C=O) groups is 1. The molecule has 104 valence electrons. The molecular formula is C13H18N2O4. The van der Waals surface area contributed by atoms with Crippen molar-refractivity contribution in [3.63, 3.8) is 0 Å². The van der Waals surface area contributed by atoms with Crippen LogP contribution >= 0.6 is 0 Å². The van der Waals surface area contributed by atoms with E-state index in [0.717, 1.165) is 6.42 Å². The molecule has 0 spiro atoms. The molecule has 0 aromatic heterocycles. The van der Waals surface area contributed by atoms with Crippen LogP contribution in [0.25, 0.3) is 0 Å². The Hall–Kier alpha value is -1.79. The lowest BCUT2D eigenvalue weighted by atomic mass is 10.2. The SMILES string of the molecule is NCCOCC(=O)Nc1ccc2c(c1)OCCCO2. The van der Waals surface area contributed by atoms with Crippen molar-refractivity contribution in [2.45, 2.75) is 6.42 Å². The zero-order chi connectivity index (χ0) is 13.5. The predicted octanol–water partition coefficient (Wildman–Crippen LogP) is 0.762. The molecule has 1 aromatic rings. The number of benzene rings is 1. The molecule has 0 atom stereocenters. The molecule has 0 aliphatic carbocycles. The van der Waals surface area contributed by atoms with Crippen molar-refractivity contribution in [1.82, 2.24) is 0 Å². The fourth-order valence-corrected chi connectivity index (χ4v) is 1.69. The third-order valence-corrected chi connectivity index (χ3v) is 2.53. The number of hydrogen-bond donors (Lipinski definition) is 2. The Morgan fingerprint density at radius 3 is 2.89 bits per heavy atom. The fraction of sp³-hybridized carbons (Fsp3) is 0.462. The van der Waals surface area contributed by atoms with Gasteiger partial charge in [-0.25, -0.2) is 0 Å². The third kappa shape index (κ3) is 4.11. The van der Waals surface area contributed by atoms with E-state index in [-0.39, 0.29) is 12.5 Å². The average molecular weight is 266 g/mol. The van der Waals surface area contributed by atoms with Crippen LogP contribution < -0.4 is 20.5 Å². The summed E-state index contributed by atoms with van der Waals surface area (Å²) in [5, 5.41) is 2.73. The zero-order valence-electron chi connectivity index (χ0n) is 10.7. The highest BCUT2D eigenvalue weighted by Crippen LogP contribution is 2.32. The lowest BCUT2D eigenvalue weighted by Crippen LogP contribution is -2.20. The van der Waals surface area contributed by atoms with Gasteiger partial charge in [-0.2, -0.15) is 0 Å². The van der Waals surface area contributed by atoms with Crippen molar-refractivity contribution >= 4 is 11.6 Å². The highest BCUT2D eigenvalue weighted by molar-refractivity contribution is 5.92. The minimum Gasteiger partial charge on any atom is -0.490 e. The predicted molar refractivity (Wildman–Crippen MR) is 70.6 cm³/mol. The Bertz CT molecular complexity index is 437. The van der Waals surface area contributed by atoms with Gasteiger partial charge >= 0.3 is 0 Å². The van der Waals surface area contributed by atoms with Crippen molar-refractivity contribution in [2.24, 2.45) is 5.73 Å². The fourth-order valence-electron chi connectivity index (χ4n) is 1.69. The van der Waals surface area contributed by atoms with E-state index in [4.69, 9.17) is 19.9 Å².